The van der Waals surface area contributed by atoms with Gasteiger partial charge < -0.3 is 9.47 Å². The van der Waals surface area contributed by atoms with Crippen LogP contribution in [-0.4, -0.2) is 25.0 Å². The van der Waals surface area contributed by atoms with E-state index in [1.165, 1.54) is 0 Å². The molecule has 2 amide bonds. The van der Waals surface area contributed by atoms with Crippen LogP contribution in [0.2, 0.25) is 0 Å². The average molecular weight is 427 g/mol. The minimum absolute atomic E-state index is 0.172. The monoisotopic (exact) mass is 426 g/mol. The number of carbonyl (C=O) groups excluding carboxylic acids is 2. The van der Waals surface area contributed by atoms with E-state index in [2.05, 4.69) is 16.9 Å². The third kappa shape index (κ3) is 7.31. The van der Waals surface area contributed by atoms with Crippen molar-refractivity contribution in [2.24, 2.45) is 5.41 Å². The topological polar surface area (TPSA) is 76.7 Å². The second-order valence-corrected chi connectivity index (χ2v) is 8.59. The van der Waals surface area contributed by atoms with Crippen molar-refractivity contribution in [1.29, 1.82) is 0 Å². The predicted octanol–water partition coefficient (Wildman–Crippen LogP) is 4.33. The van der Waals surface area contributed by atoms with Crippen molar-refractivity contribution in [3.8, 4) is 11.5 Å². The third-order valence-electron chi connectivity index (χ3n) is 5.39. The molecule has 0 saturated heterocycles. The van der Waals surface area contributed by atoms with E-state index in [4.69, 9.17) is 9.47 Å². The lowest BCUT2D eigenvalue weighted by atomic mass is 9.87. The zero-order valence-electron chi connectivity index (χ0n) is 19.4. The summed E-state index contributed by atoms with van der Waals surface area (Å²) in [5.41, 5.74) is 8.61. The maximum atomic E-state index is 12.5. The van der Waals surface area contributed by atoms with Gasteiger partial charge in [0.1, 0.15) is 11.5 Å². The molecular weight excluding hydrogens is 392 g/mol. The Morgan fingerprint density at radius 2 is 1.65 bits per heavy atom. The number of hydrogen-bond donors (Lipinski definition) is 2. The lowest BCUT2D eigenvalue weighted by Gasteiger charge is -2.23. The van der Waals surface area contributed by atoms with Crippen LogP contribution in [0.1, 0.15) is 48.9 Å². The number of amides is 2. The van der Waals surface area contributed by atoms with Crippen LogP contribution in [0.25, 0.3) is 0 Å². The minimum Gasteiger partial charge on any atom is -0.493 e. The molecule has 6 nitrogen and oxygen atoms in total. The van der Waals surface area contributed by atoms with Gasteiger partial charge in [-0.2, -0.15) is 0 Å². The molecule has 2 rings (SSSR count). The van der Waals surface area contributed by atoms with Crippen LogP contribution in [-0.2, 0) is 9.59 Å². The molecule has 168 valence electrons. The van der Waals surface area contributed by atoms with Gasteiger partial charge in [0.2, 0.25) is 5.91 Å². The Kier molecular flexibility index (Phi) is 8.48. The molecule has 2 N–H and O–H groups in total. The molecule has 0 atom stereocenters. The summed E-state index contributed by atoms with van der Waals surface area (Å²) in [4.78, 5) is 24.5. The molecule has 0 aliphatic heterocycles. The first kappa shape index (κ1) is 24.3. The van der Waals surface area contributed by atoms with Crippen molar-refractivity contribution >= 4 is 11.8 Å². The lowest BCUT2D eigenvalue weighted by molar-refractivity contribution is -0.135. The van der Waals surface area contributed by atoms with Gasteiger partial charge in [-0.15, -0.1) is 0 Å². The summed E-state index contributed by atoms with van der Waals surface area (Å²) >= 11 is 0. The molecule has 31 heavy (non-hydrogen) atoms. The van der Waals surface area contributed by atoms with Gasteiger partial charge >= 0.3 is 0 Å². The summed E-state index contributed by atoms with van der Waals surface area (Å²) in [5, 5.41) is 0. The third-order valence-corrected chi connectivity index (χ3v) is 5.39. The first-order valence-electron chi connectivity index (χ1n) is 10.6. The standard InChI is InChI=1S/C25H34N2O4/c1-17-11-12-19(3)22(15-17)30-14-8-13-25(5,6)24(29)27-26-23(28)16-31-21-10-7-9-18(2)20(21)4/h7,9-12,15H,8,13-14,16H2,1-6H3,(H,26,28)(H,27,29). The van der Waals surface area contributed by atoms with Gasteiger partial charge in [0.05, 0.1) is 6.61 Å². The molecule has 0 saturated carbocycles. The smallest absolute Gasteiger partial charge is 0.276 e. The number of aryl methyl sites for hydroxylation is 3. The SMILES string of the molecule is Cc1ccc(C)c(OCCCC(C)(C)C(=O)NNC(=O)COc2cccc(C)c2C)c1. The first-order chi connectivity index (χ1) is 14.6. The summed E-state index contributed by atoms with van der Waals surface area (Å²) in [6.45, 7) is 12.0. The zero-order chi connectivity index (χ0) is 23.0. The fraction of sp³-hybridized carbons (Fsp3) is 0.440. The molecule has 2 aromatic rings. The fourth-order valence-electron chi connectivity index (χ4n) is 3.03. The Hall–Kier alpha value is -3.02. The van der Waals surface area contributed by atoms with Crippen molar-refractivity contribution in [2.45, 2.75) is 54.4 Å². The van der Waals surface area contributed by atoms with Gasteiger partial charge in [0, 0.05) is 5.41 Å². The van der Waals surface area contributed by atoms with Crippen molar-refractivity contribution < 1.29 is 19.1 Å². The van der Waals surface area contributed by atoms with Crippen LogP contribution in [0.15, 0.2) is 36.4 Å². The Labute approximate surface area is 185 Å². The van der Waals surface area contributed by atoms with Crippen LogP contribution in [0, 0.1) is 33.1 Å². The van der Waals surface area contributed by atoms with E-state index in [1.54, 1.807) is 0 Å². The summed E-state index contributed by atoms with van der Waals surface area (Å²) in [6, 6.07) is 11.8. The molecular formula is C25H34N2O4. The molecule has 6 heteroatoms. The van der Waals surface area contributed by atoms with Crippen LogP contribution >= 0.6 is 0 Å². The normalized spacial score (nSPS) is 11.0. The number of rotatable bonds is 9. The van der Waals surface area contributed by atoms with Gasteiger partial charge in [-0.3, -0.25) is 20.4 Å². The Morgan fingerprint density at radius 1 is 0.903 bits per heavy atom. The summed E-state index contributed by atoms with van der Waals surface area (Å²) in [6.07, 6.45) is 1.34. The van der Waals surface area contributed by atoms with E-state index < -0.39 is 11.3 Å². The average Bonchev–Trinajstić information content (AvgIpc) is 2.72. The van der Waals surface area contributed by atoms with Crippen molar-refractivity contribution in [3.05, 3.63) is 58.7 Å². The van der Waals surface area contributed by atoms with E-state index in [9.17, 15) is 9.59 Å². The van der Waals surface area contributed by atoms with Gasteiger partial charge in [-0.25, -0.2) is 0 Å². The second kappa shape index (κ2) is 10.8. The fourth-order valence-corrected chi connectivity index (χ4v) is 3.03. The molecule has 0 aliphatic carbocycles. The highest BCUT2D eigenvalue weighted by molar-refractivity contribution is 5.85. The number of nitrogens with one attached hydrogen (secondary N) is 2. The molecule has 0 unspecified atom stereocenters. The maximum absolute atomic E-state index is 12.5. The molecule has 0 spiro atoms. The van der Waals surface area contributed by atoms with Crippen LogP contribution in [0.5, 0.6) is 11.5 Å². The zero-order valence-corrected chi connectivity index (χ0v) is 19.4. The molecule has 0 aromatic heterocycles. The number of benzene rings is 2. The van der Waals surface area contributed by atoms with E-state index in [-0.39, 0.29) is 12.5 Å². The number of hydrogen-bond acceptors (Lipinski definition) is 4. The van der Waals surface area contributed by atoms with Crippen LogP contribution in [0.4, 0.5) is 0 Å². The number of hydrazine groups is 1. The number of ether oxygens (including phenoxy) is 2. The van der Waals surface area contributed by atoms with Crippen molar-refractivity contribution in [1.82, 2.24) is 10.9 Å². The maximum Gasteiger partial charge on any atom is 0.276 e. The summed E-state index contributed by atoms with van der Waals surface area (Å²) in [7, 11) is 0. The Balaban J connectivity index is 1.72. The summed E-state index contributed by atoms with van der Waals surface area (Å²) < 4.78 is 11.4. The highest BCUT2D eigenvalue weighted by Crippen LogP contribution is 2.24. The largest absolute Gasteiger partial charge is 0.493 e. The van der Waals surface area contributed by atoms with E-state index in [0.717, 1.165) is 34.4 Å². The van der Waals surface area contributed by atoms with Gasteiger partial charge in [0.25, 0.3) is 5.91 Å². The van der Waals surface area contributed by atoms with Crippen molar-refractivity contribution in [3.63, 3.8) is 0 Å². The van der Waals surface area contributed by atoms with Crippen LogP contribution in [0.3, 0.4) is 0 Å². The van der Waals surface area contributed by atoms with Gasteiger partial charge in [0.15, 0.2) is 6.61 Å². The Bertz CT molecular complexity index is 922. The van der Waals surface area contributed by atoms with E-state index >= 15 is 0 Å². The second-order valence-electron chi connectivity index (χ2n) is 8.59. The quantitative estimate of drug-likeness (QED) is 0.462. The summed E-state index contributed by atoms with van der Waals surface area (Å²) in [5.74, 6) is 0.867. The van der Waals surface area contributed by atoms with Gasteiger partial charge in [-0.1, -0.05) is 38.1 Å². The molecule has 0 heterocycles. The highest BCUT2D eigenvalue weighted by Gasteiger charge is 2.27. The Morgan fingerprint density at radius 3 is 2.39 bits per heavy atom. The highest BCUT2D eigenvalue weighted by atomic mass is 16.5. The molecule has 0 radical (unpaired) electrons. The molecule has 0 bridgehead atoms. The first-order valence-corrected chi connectivity index (χ1v) is 10.6. The van der Waals surface area contributed by atoms with Crippen LogP contribution < -0.4 is 20.3 Å². The lowest BCUT2D eigenvalue weighted by Crippen LogP contribution is -2.49. The molecule has 0 aliphatic rings. The molecule has 0 fully saturated rings. The van der Waals surface area contributed by atoms with Gasteiger partial charge in [-0.05, 0) is 74.9 Å². The van der Waals surface area contributed by atoms with E-state index in [0.29, 0.717) is 18.8 Å². The number of carbonyl (C=O) groups is 2. The van der Waals surface area contributed by atoms with Crippen molar-refractivity contribution in [2.75, 3.05) is 13.2 Å². The van der Waals surface area contributed by atoms with E-state index in [1.807, 2.05) is 71.9 Å². The predicted molar refractivity (Wildman–Crippen MR) is 122 cm³/mol. The minimum atomic E-state index is -0.647. The molecule has 2 aromatic carbocycles.